The monoisotopic (exact) mass is 584 g/mol. The number of fused-ring (bicyclic) bond motifs is 5. The number of aryl methyl sites for hydroxylation is 1. The number of hydrogen-bond acceptors (Lipinski definition) is 7. The summed E-state index contributed by atoms with van der Waals surface area (Å²) in [6.45, 7) is 7.99. The molecule has 1 aromatic carbocycles. The van der Waals surface area contributed by atoms with Crippen LogP contribution in [0.15, 0.2) is 29.1 Å². The number of pyridine rings is 2. The summed E-state index contributed by atoms with van der Waals surface area (Å²) in [6.07, 6.45) is 6.96. The highest BCUT2D eigenvalue weighted by Crippen LogP contribution is 2.41. The summed E-state index contributed by atoms with van der Waals surface area (Å²) in [4.78, 5) is 48.9. The fourth-order valence-electron chi connectivity index (χ4n) is 7.85. The summed E-state index contributed by atoms with van der Waals surface area (Å²) in [5, 5.41) is 12.2. The Morgan fingerprint density at radius 3 is 2.51 bits per heavy atom. The van der Waals surface area contributed by atoms with Crippen molar-refractivity contribution >= 4 is 22.8 Å². The second kappa shape index (κ2) is 10.9. The summed E-state index contributed by atoms with van der Waals surface area (Å²) in [6, 6.07) is 7.91. The van der Waals surface area contributed by atoms with Gasteiger partial charge >= 0.3 is 6.09 Å². The molecule has 43 heavy (non-hydrogen) atoms. The van der Waals surface area contributed by atoms with E-state index in [2.05, 4.69) is 11.8 Å². The average molecular weight is 585 g/mol. The molecule has 0 bridgehead atoms. The highest BCUT2D eigenvalue weighted by molar-refractivity contribution is 5.92. The largest absolute Gasteiger partial charge is 0.415 e. The van der Waals surface area contributed by atoms with Crippen molar-refractivity contribution in [2.24, 2.45) is 0 Å². The minimum atomic E-state index is -1.64. The van der Waals surface area contributed by atoms with Gasteiger partial charge in [-0.25, -0.2) is 9.78 Å². The maximum atomic E-state index is 13.7. The van der Waals surface area contributed by atoms with Gasteiger partial charge in [0.1, 0.15) is 11.4 Å². The SMILES string of the molecule is CCc1c2c(nc3ccc(OC(=O)N4CCC(N5CCCCC5)CC4)cc13)-c1cc3c(c(=O)n1C2)CCC(=O)C3(O)CC. The van der Waals surface area contributed by atoms with Gasteiger partial charge in [-0.05, 0) is 87.9 Å². The summed E-state index contributed by atoms with van der Waals surface area (Å²) < 4.78 is 7.62. The molecule has 3 aliphatic heterocycles. The van der Waals surface area contributed by atoms with E-state index in [1.54, 1.807) is 17.6 Å². The maximum absolute atomic E-state index is 13.7. The van der Waals surface area contributed by atoms with Crippen molar-refractivity contribution in [2.45, 2.75) is 89.8 Å². The number of ketones is 1. The minimum absolute atomic E-state index is 0.158. The Balaban J connectivity index is 1.16. The molecule has 5 heterocycles. The number of amides is 1. The van der Waals surface area contributed by atoms with Crippen LogP contribution in [0, 0.1) is 0 Å². The second-order valence-electron chi connectivity index (χ2n) is 12.6. The van der Waals surface area contributed by atoms with Gasteiger partial charge < -0.3 is 24.2 Å². The normalized spacial score (nSPS) is 22.4. The van der Waals surface area contributed by atoms with Gasteiger partial charge in [0.15, 0.2) is 5.78 Å². The van der Waals surface area contributed by atoms with Crippen LogP contribution in [-0.4, -0.2) is 68.6 Å². The predicted octanol–water partition coefficient (Wildman–Crippen LogP) is 4.55. The van der Waals surface area contributed by atoms with Gasteiger partial charge in [0.05, 0.1) is 23.4 Å². The zero-order valence-corrected chi connectivity index (χ0v) is 25.2. The molecular weight excluding hydrogens is 544 g/mol. The molecule has 4 aliphatic rings. The Labute approximate surface area is 251 Å². The van der Waals surface area contributed by atoms with Crippen LogP contribution in [0.25, 0.3) is 22.3 Å². The smallest absolute Gasteiger partial charge is 0.410 e. The van der Waals surface area contributed by atoms with Gasteiger partial charge in [-0.3, -0.25) is 9.59 Å². The summed E-state index contributed by atoms with van der Waals surface area (Å²) >= 11 is 0. The van der Waals surface area contributed by atoms with Crippen LogP contribution in [0.5, 0.6) is 5.75 Å². The molecule has 1 unspecified atom stereocenters. The quantitative estimate of drug-likeness (QED) is 0.375. The Kier molecular flexibility index (Phi) is 7.13. The number of carbonyl (C=O) groups is 2. The zero-order valence-electron chi connectivity index (χ0n) is 25.2. The van der Waals surface area contributed by atoms with Crippen molar-refractivity contribution < 1.29 is 19.4 Å². The molecule has 226 valence electrons. The van der Waals surface area contributed by atoms with Crippen molar-refractivity contribution in [3.8, 4) is 17.1 Å². The molecule has 2 fully saturated rings. The summed E-state index contributed by atoms with van der Waals surface area (Å²) in [5.41, 5.74) is 3.27. The zero-order chi connectivity index (χ0) is 29.9. The van der Waals surface area contributed by atoms with Crippen LogP contribution in [0.2, 0.25) is 0 Å². The van der Waals surface area contributed by atoms with Crippen LogP contribution in [0.4, 0.5) is 4.79 Å². The molecule has 0 spiro atoms. The van der Waals surface area contributed by atoms with Crippen LogP contribution >= 0.6 is 0 Å². The first-order chi connectivity index (χ1) is 20.8. The topological polar surface area (TPSA) is 105 Å². The first kappa shape index (κ1) is 28.2. The molecule has 0 radical (unpaired) electrons. The molecule has 0 saturated carbocycles. The van der Waals surface area contributed by atoms with E-state index in [1.807, 2.05) is 23.1 Å². The van der Waals surface area contributed by atoms with Gasteiger partial charge in [-0.2, -0.15) is 0 Å². The Morgan fingerprint density at radius 2 is 1.79 bits per heavy atom. The number of aromatic nitrogens is 2. The van der Waals surface area contributed by atoms with E-state index in [9.17, 15) is 19.5 Å². The molecule has 2 aromatic heterocycles. The molecule has 1 aliphatic carbocycles. The molecule has 9 nitrogen and oxygen atoms in total. The number of hydrogen-bond donors (Lipinski definition) is 1. The number of piperidine rings is 2. The van der Waals surface area contributed by atoms with E-state index in [4.69, 9.17) is 9.72 Å². The molecule has 9 heteroatoms. The van der Waals surface area contributed by atoms with Gasteiger partial charge in [0.25, 0.3) is 5.56 Å². The van der Waals surface area contributed by atoms with Crippen LogP contribution < -0.4 is 10.3 Å². The lowest BCUT2D eigenvalue weighted by Gasteiger charge is -2.39. The van der Waals surface area contributed by atoms with E-state index >= 15 is 0 Å². The van der Waals surface area contributed by atoms with Crippen molar-refractivity contribution in [1.29, 1.82) is 0 Å². The van der Waals surface area contributed by atoms with Gasteiger partial charge in [0.2, 0.25) is 0 Å². The molecular formula is C34H40N4O5. The maximum Gasteiger partial charge on any atom is 0.415 e. The van der Waals surface area contributed by atoms with E-state index in [1.165, 1.54) is 32.4 Å². The lowest BCUT2D eigenvalue weighted by molar-refractivity contribution is -0.140. The average Bonchev–Trinajstić information content (AvgIpc) is 3.41. The van der Waals surface area contributed by atoms with Gasteiger partial charge in [-0.1, -0.05) is 20.3 Å². The highest BCUT2D eigenvalue weighted by atomic mass is 16.6. The number of benzene rings is 1. The summed E-state index contributed by atoms with van der Waals surface area (Å²) in [7, 11) is 0. The highest BCUT2D eigenvalue weighted by Gasteiger charge is 2.43. The predicted molar refractivity (Wildman–Crippen MR) is 163 cm³/mol. The minimum Gasteiger partial charge on any atom is -0.410 e. The fraction of sp³-hybridized carbons (Fsp3) is 0.529. The van der Waals surface area contributed by atoms with E-state index in [-0.39, 0.29) is 30.3 Å². The van der Waals surface area contributed by atoms with Crippen LogP contribution in [-0.2, 0) is 29.8 Å². The number of likely N-dealkylation sites (tertiary alicyclic amines) is 2. The molecule has 3 aromatic rings. The number of aliphatic hydroxyl groups is 1. The van der Waals surface area contributed by atoms with Crippen molar-refractivity contribution in [3.63, 3.8) is 0 Å². The van der Waals surface area contributed by atoms with Crippen molar-refractivity contribution in [3.05, 3.63) is 56.9 Å². The third-order valence-electron chi connectivity index (χ3n) is 10.3. The number of rotatable bonds is 4. The van der Waals surface area contributed by atoms with Gasteiger partial charge in [-0.15, -0.1) is 0 Å². The molecule has 1 amide bonds. The third-order valence-corrected chi connectivity index (χ3v) is 10.3. The second-order valence-corrected chi connectivity index (χ2v) is 12.6. The number of carbonyl (C=O) groups excluding carboxylic acids is 2. The standard InChI is InChI=1S/C34H40N4O5/c1-3-23-25-18-22(43-33(41)37-16-12-21(13-17-37)36-14-6-5-7-15-36)8-10-28(25)35-31-26(23)20-38-29(31)19-27-24(32(38)40)9-11-30(39)34(27,42)4-2/h8,10,18-19,21,42H,3-7,9,11-17,20H2,1-2H3. The Hall–Kier alpha value is -3.56. The Bertz CT molecular complexity index is 1680. The molecule has 7 rings (SSSR count). The first-order valence-electron chi connectivity index (χ1n) is 16.0. The van der Waals surface area contributed by atoms with E-state index in [0.717, 1.165) is 34.9 Å². The molecule has 1 atom stereocenters. The van der Waals surface area contributed by atoms with Crippen molar-refractivity contribution in [2.75, 3.05) is 26.2 Å². The van der Waals surface area contributed by atoms with E-state index < -0.39 is 5.60 Å². The number of nitrogens with zero attached hydrogens (tertiary/aromatic N) is 4. The number of ether oxygens (including phenoxy) is 1. The third kappa shape index (κ3) is 4.59. The fourth-order valence-corrected chi connectivity index (χ4v) is 7.85. The van der Waals surface area contributed by atoms with Crippen LogP contribution in [0.3, 0.4) is 0 Å². The number of Topliss-reactive ketones (excluding diaryl/α,β-unsaturated/α-hetero) is 1. The summed E-state index contributed by atoms with van der Waals surface area (Å²) in [5.74, 6) is 0.251. The lowest BCUT2D eigenvalue weighted by Crippen LogP contribution is -2.48. The Morgan fingerprint density at radius 1 is 1.02 bits per heavy atom. The van der Waals surface area contributed by atoms with Gasteiger partial charge in [0, 0.05) is 47.6 Å². The molecule has 2 saturated heterocycles. The van der Waals surface area contributed by atoms with Crippen molar-refractivity contribution in [1.82, 2.24) is 19.4 Å². The lowest BCUT2D eigenvalue weighted by atomic mass is 9.77. The first-order valence-corrected chi connectivity index (χ1v) is 16.0. The van der Waals surface area contributed by atoms with E-state index in [0.29, 0.717) is 66.8 Å². The van der Waals surface area contributed by atoms with Crippen LogP contribution in [0.1, 0.15) is 81.0 Å². The molecule has 1 N–H and O–H groups in total.